The number of rotatable bonds is 4. The molecule has 0 spiro atoms. The van der Waals surface area contributed by atoms with Crippen molar-refractivity contribution in [2.45, 2.75) is 64.2 Å². The van der Waals surface area contributed by atoms with Crippen LogP contribution >= 0.6 is 0 Å². The van der Waals surface area contributed by atoms with E-state index in [0.717, 1.165) is 12.1 Å². The van der Waals surface area contributed by atoms with Crippen LogP contribution < -0.4 is 9.47 Å². The Hall–Kier alpha value is -1.75. The predicted molar refractivity (Wildman–Crippen MR) is 101 cm³/mol. The largest absolute Gasteiger partial charge is 0.493 e. The molecule has 0 aromatic heterocycles. The topological polar surface area (TPSA) is 42.0 Å². The van der Waals surface area contributed by atoms with Crippen LogP contribution in [0.4, 0.5) is 0 Å². The standard InChI is InChI=1S/C21H30N2O3/c1-13(2)16-12-22(14-8-6-5-7-9-14)20-15-10-11-17(25-3)19(26-4)18(15)21(24)23(16)20/h10-11,13-14,16,20H,5-9,12H2,1-4H3. The van der Waals surface area contributed by atoms with E-state index >= 15 is 0 Å². The first-order valence-corrected chi connectivity index (χ1v) is 9.91. The third-order valence-electron chi connectivity index (χ3n) is 6.45. The van der Waals surface area contributed by atoms with E-state index < -0.39 is 0 Å². The highest BCUT2D eigenvalue weighted by atomic mass is 16.5. The van der Waals surface area contributed by atoms with Gasteiger partial charge in [0.2, 0.25) is 0 Å². The molecule has 2 aliphatic heterocycles. The monoisotopic (exact) mass is 358 g/mol. The first kappa shape index (κ1) is 17.7. The van der Waals surface area contributed by atoms with E-state index in [1.165, 1.54) is 32.1 Å². The second-order valence-electron chi connectivity index (χ2n) is 8.15. The second-order valence-corrected chi connectivity index (χ2v) is 8.15. The summed E-state index contributed by atoms with van der Waals surface area (Å²) in [7, 11) is 3.24. The highest BCUT2D eigenvalue weighted by Gasteiger charge is 2.53. The zero-order valence-electron chi connectivity index (χ0n) is 16.3. The van der Waals surface area contributed by atoms with Gasteiger partial charge in [0.15, 0.2) is 11.5 Å². The van der Waals surface area contributed by atoms with Gasteiger partial charge in [-0.3, -0.25) is 9.69 Å². The zero-order chi connectivity index (χ0) is 18.4. The lowest BCUT2D eigenvalue weighted by Crippen LogP contribution is -2.37. The van der Waals surface area contributed by atoms with Crippen molar-refractivity contribution in [2.24, 2.45) is 5.92 Å². The van der Waals surface area contributed by atoms with Crippen LogP contribution in [0.25, 0.3) is 0 Å². The molecule has 1 saturated carbocycles. The number of nitrogens with zero attached hydrogens (tertiary/aromatic N) is 2. The fraction of sp³-hybridized carbons (Fsp3) is 0.667. The number of methoxy groups -OCH3 is 2. The minimum absolute atomic E-state index is 0.0489. The van der Waals surface area contributed by atoms with E-state index in [9.17, 15) is 4.79 Å². The van der Waals surface area contributed by atoms with Gasteiger partial charge in [0, 0.05) is 24.2 Å². The van der Waals surface area contributed by atoms with Gasteiger partial charge >= 0.3 is 0 Å². The maximum absolute atomic E-state index is 13.4. The molecule has 1 aliphatic carbocycles. The van der Waals surface area contributed by atoms with E-state index in [4.69, 9.17) is 9.47 Å². The van der Waals surface area contributed by atoms with Crippen LogP contribution in [0.15, 0.2) is 12.1 Å². The number of benzene rings is 1. The Kier molecular flexibility index (Phi) is 4.59. The Morgan fingerprint density at radius 1 is 1.08 bits per heavy atom. The summed E-state index contributed by atoms with van der Waals surface area (Å²) >= 11 is 0. The maximum Gasteiger partial charge on any atom is 0.260 e. The third-order valence-corrected chi connectivity index (χ3v) is 6.45. The number of hydrogen-bond donors (Lipinski definition) is 0. The summed E-state index contributed by atoms with van der Waals surface area (Å²) in [5.41, 5.74) is 1.78. The molecule has 2 atom stereocenters. The van der Waals surface area contributed by atoms with E-state index in [0.29, 0.717) is 29.0 Å². The van der Waals surface area contributed by atoms with Crippen LogP contribution in [0, 0.1) is 5.92 Å². The van der Waals surface area contributed by atoms with E-state index in [-0.39, 0.29) is 18.1 Å². The number of ether oxygens (including phenoxy) is 2. The normalized spacial score (nSPS) is 26.3. The summed E-state index contributed by atoms with van der Waals surface area (Å²) in [6.45, 7) is 5.42. The van der Waals surface area contributed by atoms with Crippen molar-refractivity contribution in [2.75, 3.05) is 20.8 Å². The lowest BCUT2D eigenvalue weighted by atomic mass is 9.93. The highest BCUT2D eigenvalue weighted by Crippen LogP contribution is 2.50. The molecule has 1 amide bonds. The lowest BCUT2D eigenvalue weighted by Gasteiger charge is -2.35. The van der Waals surface area contributed by atoms with Crippen molar-refractivity contribution in [1.82, 2.24) is 9.80 Å². The maximum atomic E-state index is 13.4. The molecule has 142 valence electrons. The van der Waals surface area contributed by atoms with E-state index in [2.05, 4.69) is 29.7 Å². The molecule has 1 aromatic carbocycles. The Balaban J connectivity index is 1.80. The van der Waals surface area contributed by atoms with Crippen LogP contribution in [0.1, 0.15) is 68.0 Å². The van der Waals surface area contributed by atoms with Crippen molar-refractivity contribution < 1.29 is 14.3 Å². The van der Waals surface area contributed by atoms with E-state index in [1.54, 1.807) is 14.2 Å². The molecule has 4 rings (SSSR count). The molecule has 0 bridgehead atoms. The summed E-state index contributed by atoms with van der Waals surface area (Å²) in [6.07, 6.45) is 6.47. The second kappa shape index (κ2) is 6.76. The molecule has 3 aliphatic rings. The van der Waals surface area contributed by atoms with Crippen LogP contribution in [0.3, 0.4) is 0 Å². The number of carbonyl (C=O) groups is 1. The van der Waals surface area contributed by atoms with Gasteiger partial charge in [-0.1, -0.05) is 39.2 Å². The minimum Gasteiger partial charge on any atom is -0.493 e. The van der Waals surface area contributed by atoms with Crippen molar-refractivity contribution >= 4 is 5.91 Å². The molecule has 5 heteroatoms. The molecule has 1 aromatic rings. The Morgan fingerprint density at radius 2 is 1.81 bits per heavy atom. The average molecular weight is 358 g/mol. The molecule has 1 saturated heterocycles. The number of carbonyl (C=O) groups excluding carboxylic acids is 1. The van der Waals surface area contributed by atoms with Gasteiger partial charge < -0.3 is 14.4 Å². The van der Waals surface area contributed by atoms with Crippen molar-refractivity contribution in [1.29, 1.82) is 0 Å². The number of fused-ring (bicyclic) bond motifs is 3. The SMILES string of the molecule is COc1ccc2c(c1OC)C(=O)N1C(C(C)C)CN(C3CCCCC3)C21. The van der Waals surface area contributed by atoms with Crippen molar-refractivity contribution in [3.63, 3.8) is 0 Å². The molecular formula is C21H30N2O3. The Bertz CT molecular complexity index is 697. The molecule has 2 heterocycles. The summed E-state index contributed by atoms with van der Waals surface area (Å²) in [5.74, 6) is 1.73. The number of amides is 1. The van der Waals surface area contributed by atoms with Gasteiger partial charge in [-0.2, -0.15) is 0 Å². The minimum atomic E-state index is 0.0489. The number of hydrogen-bond acceptors (Lipinski definition) is 4. The molecule has 0 radical (unpaired) electrons. The van der Waals surface area contributed by atoms with Gasteiger partial charge in [0.1, 0.15) is 6.17 Å². The van der Waals surface area contributed by atoms with E-state index in [1.807, 2.05) is 6.07 Å². The molecule has 0 N–H and O–H groups in total. The van der Waals surface area contributed by atoms with Crippen LogP contribution in [0.5, 0.6) is 11.5 Å². The summed E-state index contributed by atoms with van der Waals surface area (Å²) in [6, 6.07) is 4.83. The van der Waals surface area contributed by atoms with Gasteiger partial charge in [0.25, 0.3) is 5.91 Å². The Labute approximate surface area is 156 Å². The van der Waals surface area contributed by atoms with Gasteiger partial charge in [-0.15, -0.1) is 0 Å². The fourth-order valence-electron chi connectivity index (χ4n) is 5.14. The van der Waals surface area contributed by atoms with Crippen molar-refractivity contribution in [3.05, 3.63) is 23.3 Å². The summed E-state index contributed by atoms with van der Waals surface area (Å²) < 4.78 is 11.0. The van der Waals surface area contributed by atoms with Gasteiger partial charge in [0.05, 0.1) is 19.8 Å². The third kappa shape index (κ3) is 2.51. The Morgan fingerprint density at radius 3 is 2.42 bits per heavy atom. The first-order valence-electron chi connectivity index (χ1n) is 9.91. The van der Waals surface area contributed by atoms with Crippen LogP contribution in [-0.2, 0) is 0 Å². The molecule has 2 fully saturated rings. The van der Waals surface area contributed by atoms with Gasteiger partial charge in [-0.25, -0.2) is 0 Å². The fourth-order valence-corrected chi connectivity index (χ4v) is 5.14. The zero-order valence-corrected chi connectivity index (χ0v) is 16.3. The first-order chi connectivity index (χ1) is 12.6. The molecular weight excluding hydrogens is 328 g/mol. The molecule has 5 nitrogen and oxygen atoms in total. The highest BCUT2D eigenvalue weighted by molar-refractivity contribution is 6.03. The van der Waals surface area contributed by atoms with Crippen LogP contribution in [0.2, 0.25) is 0 Å². The lowest BCUT2D eigenvalue weighted by molar-refractivity contribution is 0.0530. The molecule has 2 unspecified atom stereocenters. The van der Waals surface area contributed by atoms with Crippen LogP contribution in [-0.4, -0.2) is 48.6 Å². The quantitative estimate of drug-likeness (QED) is 0.820. The predicted octanol–water partition coefficient (Wildman–Crippen LogP) is 3.83. The van der Waals surface area contributed by atoms with Gasteiger partial charge in [-0.05, 0) is 24.8 Å². The summed E-state index contributed by atoms with van der Waals surface area (Å²) in [4.78, 5) is 18.1. The van der Waals surface area contributed by atoms with Crippen molar-refractivity contribution in [3.8, 4) is 11.5 Å². The smallest absolute Gasteiger partial charge is 0.260 e. The molecule has 26 heavy (non-hydrogen) atoms. The average Bonchev–Trinajstić information content (AvgIpc) is 3.19. The summed E-state index contributed by atoms with van der Waals surface area (Å²) in [5, 5.41) is 0.